The second-order valence-corrected chi connectivity index (χ2v) is 3.07. The maximum Gasteiger partial charge on any atom is 0.0961 e. The zero-order valence-electron chi connectivity index (χ0n) is 5.99. The van der Waals surface area contributed by atoms with Gasteiger partial charge in [-0.1, -0.05) is 0 Å². The van der Waals surface area contributed by atoms with Crippen LogP contribution in [0.1, 0.15) is 6.42 Å². The molecule has 0 aromatic rings. The lowest BCUT2D eigenvalue weighted by atomic mass is 10.0. The van der Waals surface area contributed by atoms with E-state index in [1.54, 1.807) is 0 Å². The number of fused-ring (bicyclic) bond motifs is 2. The van der Waals surface area contributed by atoms with Crippen molar-refractivity contribution in [3.63, 3.8) is 0 Å². The lowest BCUT2D eigenvalue weighted by Crippen LogP contribution is -2.53. The Hall–Kier alpha value is -0.120. The van der Waals surface area contributed by atoms with Gasteiger partial charge in [0, 0.05) is 19.6 Å². The van der Waals surface area contributed by atoms with E-state index in [2.05, 4.69) is 4.90 Å². The first-order valence-electron chi connectivity index (χ1n) is 3.88. The molecule has 0 aliphatic carbocycles. The lowest BCUT2D eigenvalue weighted by molar-refractivity contribution is -0.117. The summed E-state index contributed by atoms with van der Waals surface area (Å²) in [5.74, 6) is 0. The van der Waals surface area contributed by atoms with E-state index < -0.39 is 0 Å². The lowest BCUT2D eigenvalue weighted by Gasteiger charge is -2.40. The Morgan fingerprint density at radius 3 is 3.10 bits per heavy atom. The van der Waals surface area contributed by atoms with Crippen LogP contribution in [-0.4, -0.2) is 48.5 Å². The molecule has 0 radical (unpaired) electrons. The topological polar surface area (TPSA) is 32.7 Å². The van der Waals surface area contributed by atoms with Gasteiger partial charge in [0.05, 0.1) is 18.8 Å². The Morgan fingerprint density at radius 1 is 1.40 bits per heavy atom. The molecule has 3 heteroatoms. The minimum absolute atomic E-state index is 0.0995. The Bertz CT molecular complexity index is 127. The zero-order valence-corrected chi connectivity index (χ0v) is 5.99. The van der Waals surface area contributed by atoms with E-state index in [4.69, 9.17) is 4.74 Å². The zero-order chi connectivity index (χ0) is 6.97. The van der Waals surface area contributed by atoms with E-state index >= 15 is 0 Å². The summed E-state index contributed by atoms with van der Waals surface area (Å²) in [6.07, 6.45) is 0.768. The SMILES string of the molecule is O[C@H]1CCN2CCOC1C2. The van der Waals surface area contributed by atoms with E-state index in [0.717, 1.165) is 32.7 Å². The highest BCUT2D eigenvalue weighted by atomic mass is 16.5. The predicted molar refractivity (Wildman–Crippen MR) is 36.8 cm³/mol. The van der Waals surface area contributed by atoms with Gasteiger partial charge in [-0.3, -0.25) is 4.90 Å². The van der Waals surface area contributed by atoms with Gasteiger partial charge in [0.1, 0.15) is 0 Å². The van der Waals surface area contributed by atoms with E-state index in [-0.39, 0.29) is 12.2 Å². The summed E-state index contributed by atoms with van der Waals surface area (Å²) in [5.41, 5.74) is 0. The van der Waals surface area contributed by atoms with Crippen molar-refractivity contribution in [2.24, 2.45) is 0 Å². The molecule has 2 fully saturated rings. The first-order chi connectivity index (χ1) is 4.86. The molecule has 2 bridgehead atoms. The van der Waals surface area contributed by atoms with E-state index in [0.29, 0.717) is 0 Å². The average Bonchev–Trinajstić information content (AvgIpc) is 1.99. The molecule has 2 aliphatic rings. The van der Waals surface area contributed by atoms with Gasteiger partial charge in [-0.15, -0.1) is 0 Å². The number of hydrogen-bond acceptors (Lipinski definition) is 3. The van der Waals surface area contributed by atoms with Crippen LogP contribution in [0, 0.1) is 0 Å². The number of morpholine rings is 1. The van der Waals surface area contributed by atoms with Gasteiger partial charge < -0.3 is 9.84 Å². The van der Waals surface area contributed by atoms with E-state index in [1.165, 1.54) is 0 Å². The van der Waals surface area contributed by atoms with Crippen molar-refractivity contribution in [2.45, 2.75) is 18.6 Å². The summed E-state index contributed by atoms with van der Waals surface area (Å²) in [6, 6.07) is 0. The normalized spacial score (nSPS) is 47.1. The molecule has 10 heavy (non-hydrogen) atoms. The smallest absolute Gasteiger partial charge is 0.0961 e. The molecule has 0 spiro atoms. The molecule has 2 unspecified atom stereocenters. The highest BCUT2D eigenvalue weighted by Gasteiger charge is 2.31. The molecule has 2 aliphatic heterocycles. The van der Waals surface area contributed by atoms with Gasteiger partial charge in [-0.2, -0.15) is 0 Å². The summed E-state index contributed by atoms with van der Waals surface area (Å²) in [6.45, 7) is 3.81. The average molecular weight is 143 g/mol. The number of rotatable bonds is 0. The molecule has 3 atom stereocenters. The largest absolute Gasteiger partial charge is 0.390 e. The van der Waals surface area contributed by atoms with Crippen LogP contribution in [0.3, 0.4) is 0 Å². The van der Waals surface area contributed by atoms with Crippen molar-refractivity contribution in [1.29, 1.82) is 0 Å². The summed E-state index contributed by atoms with van der Waals surface area (Å²) < 4.78 is 5.37. The Kier molecular flexibility index (Phi) is 1.64. The quantitative estimate of drug-likeness (QED) is 0.494. The molecule has 2 heterocycles. The fraction of sp³-hybridized carbons (Fsp3) is 1.00. The van der Waals surface area contributed by atoms with Crippen LogP contribution in [-0.2, 0) is 4.74 Å². The van der Waals surface area contributed by atoms with Crippen molar-refractivity contribution < 1.29 is 9.84 Å². The second-order valence-electron chi connectivity index (χ2n) is 3.07. The number of aliphatic hydroxyl groups excluding tert-OH is 1. The maximum atomic E-state index is 9.37. The van der Waals surface area contributed by atoms with Gasteiger partial charge in [-0.25, -0.2) is 0 Å². The highest BCUT2D eigenvalue weighted by molar-refractivity contribution is 4.83. The standard InChI is InChI=1S/C7H13NO2/c9-6-1-2-8-3-4-10-7(6)5-8/h6-7,9H,1-5H2/t6-,7?/m0/s1. The van der Waals surface area contributed by atoms with Gasteiger partial charge in [0.25, 0.3) is 0 Å². The monoisotopic (exact) mass is 143 g/mol. The first-order valence-corrected chi connectivity index (χ1v) is 3.88. The molecule has 58 valence electrons. The summed E-state index contributed by atoms with van der Waals surface area (Å²) in [4.78, 5) is 2.35. The van der Waals surface area contributed by atoms with Crippen LogP contribution in [0.15, 0.2) is 0 Å². The van der Waals surface area contributed by atoms with Crippen LogP contribution < -0.4 is 0 Å². The predicted octanol–water partition coefficient (Wildman–Crippen LogP) is -0.548. The van der Waals surface area contributed by atoms with Gasteiger partial charge in [0.15, 0.2) is 0 Å². The first kappa shape index (κ1) is 6.58. The molecule has 1 N–H and O–H groups in total. The van der Waals surface area contributed by atoms with Gasteiger partial charge >= 0.3 is 0 Å². The van der Waals surface area contributed by atoms with E-state index in [9.17, 15) is 5.11 Å². The third-order valence-corrected chi connectivity index (χ3v) is 2.35. The molecular formula is C7H13NO2. The third kappa shape index (κ3) is 1.05. The van der Waals surface area contributed by atoms with Gasteiger partial charge in [0.2, 0.25) is 0 Å². The minimum Gasteiger partial charge on any atom is -0.390 e. The van der Waals surface area contributed by atoms with Crippen molar-refractivity contribution in [2.75, 3.05) is 26.2 Å². The van der Waals surface area contributed by atoms with Gasteiger partial charge in [-0.05, 0) is 6.42 Å². The third-order valence-electron chi connectivity index (χ3n) is 2.35. The molecule has 0 aromatic carbocycles. The number of ether oxygens (including phenoxy) is 1. The highest BCUT2D eigenvalue weighted by Crippen LogP contribution is 2.17. The summed E-state index contributed by atoms with van der Waals surface area (Å²) in [5, 5.41) is 9.37. The Balaban J connectivity index is 2.00. The van der Waals surface area contributed by atoms with Crippen molar-refractivity contribution in [3.05, 3.63) is 0 Å². The second kappa shape index (κ2) is 2.49. The Labute approximate surface area is 60.6 Å². The van der Waals surface area contributed by atoms with Crippen LogP contribution in [0.25, 0.3) is 0 Å². The Morgan fingerprint density at radius 2 is 2.30 bits per heavy atom. The van der Waals surface area contributed by atoms with Crippen molar-refractivity contribution in [3.8, 4) is 0 Å². The number of nitrogens with zero attached hydrogens (tertiary/aromatic N) is 1. The van der Waals surface area contributed by atoms with Crippen LogP contribution in [0.2, 0.25) is 0 Å². The summed E-state index contributed by atoms with van der Waals surface area (Å²) >= 11 is 0. The molecule has 0 saturated carbocycles. The number of aliphatic hydroxyl groups is 1. The molecular weight excluding hydrogens is 130 g/mol. The summed E-state index contributed by atoms with van der Waals surface area (Å²) in [7, 11) is 0. The fourth-order valence-corrected chi connectivity index (χ4v) is 1.67. The van der Waals surface area contributed by atoms with Crippen LogP contribution in [0.5, 0.6) is 0 Å². The van der Waals surface area contributed by atoms with Crippen molar-refractivity contribution >= 4 is 0 Å². The maximum absolute atomic E-state index is 9.37. The minimum atomic E-state index is -0.212. The fourth-order valence-electron chi connectivity index (χ4n) is 1.67. The molecule has 2 rings (SSSR count). The number of hydrogen-bond donors (Lipinski definition) is 1. The molecule has 3 nitrogen and oxygen atoms in total. The molecule has 2 saturated heterocycles. The van der Waals surface area contributed by atoms with E-state index in [1.807, 2.05) is 0 Å². The molecule has 0 amide bonds. The van der Waals surface area contributed by atoms with Crippen molar-refractivity contribution in [1.82, 2.24) is 4.90 Å². The molecule has 0 aromatic heterocycles. The van der Waals surface area contributed by atoms with Crippen LogP contribution in [0.4, 0.5) is 0 Å². The number of piperidine rings is 1. The van der Waals surface area contributed by atoms with Crippen LogP contribution >= 0.6 is 0 Å².